The molecule has 61 heavy (non-hydrogen) atoms. The largest absolute Gasteiger partial charge is 0.508 e. The SMILES string of the molecule is COc1ccc(COc2ccc3c(c2)Oc2cc(C)ccc2C32OC(=O)c3cc(Br)ccc32)cc1.O=C1OC2(c3ccc(O)cc3Oc3cc(O)ccc32)c2ccc(Br)cc21. The second-order valence-corrected chi connectivity index (χ2v) is 16.7. The van der Waals surface area contributed by atoms with Crippen molar-refractivity contribution in [1.29, 1.82) is 0 Å². The first-order valence-electron chi connectivity index (χ1n) is 19.1. The number of phenols is 2. The third kappa shape index (κ3) is 6.19. The summed E-state index contributed by atoms with van der Waals surface area (Å²) in [4.78, 5) is 25.7. The van der Waals surface area contributed by atoms with Crippen LogP contribution < -0.4 is 18.9 Å². The van der Waals surface area contributed by atoms with Crippen LogP contribution in [-0.4, -0.2) is 29.3 Å². The van der Waals surface area contributed by atoms with E-state index >= 15 is 0 Å². The number of esters is 2. The number of carbonyl (C=O) groups is 2. The zero-order valence-corrected chi connectivity index (χ0v) is 35.5. The van der Waals surface area contributed by atoms with E-state index in [1.165, 1.54) is 24.3 Å². The molecule has 0 amide bonds. The minimum absolute atomic E-state index is 0.0304. The molecule has 7 aromatic rings. The van der Waals surface area contributed by atoms with Crippen molar-refractivity contribution >= 4 is 43.8 Å². The van der Waals surface area contributed by atoms with Gasteiger partial charge in [-0.3, -0.25) is 0 Å². The summed E-state index contributed by atoms with van der Waals surface area (Å²) in [7, 11) is 1.64. The quantitative estimate of drug-likeness (QED) is 0.165. The minimum Gasteiger partial charge on any atom is -0.508 e. The molecule has 7 aromatic carbocycles. The number of ether oxygens (including phenoxy) is 6. The summed E-state index contributed by atoms with van der Waals surface area (Å²) >= 11 is 6.86. The number of halogens is 2. The number of carbonyl (C=O) groups excluding carboxylic acids is 2. The Labute approximate surface area is 366 Å². The maximum atomic E-state index is 13.0. The summed E-state index contributed by atoms with van der Waals surface area (Å²) in [5, 5.41) is 19.7. The molecule has 0 bridgehead atoms. The van der Waals surface area contributed by atoms with Crippen molar-refractivity contribution < 1.29 is 48.2 Å². The molecule has 302 valence electrons. The molecule has 0 fully saturated rings. The Bertz CT molecular complexity index is 2930. The van der Waals surface area contributed by atoms with Crippen molar-refractivity contribution in [1.82, 2.24) is 0 Å². The number of hydrogen-bond donors (Lipinski definition) is 2. The number of rotatable bonds is 4. The molecular weight excluding hydrogens is 908 g/mol. The van der Waals surface area contributed by atoms with Gasteiger partial charge in [0.25, 0.3) is 0 Å². The predicted molar refractivity (Wildman–Crippen MR) is 230 cm³/mol. The van der Waals surface area contributed by atoms with Crippen molar-refractivity contribution in [3.63, 3.8) is 0 Å². The first-order valence-corrected chi connectivity index (χ1v) is 20.7. The molecule has 4 heterocycles. The molecule has 4 aliphatic rings. The summed E-state index contributed by atoms with van der Waals surface area (Å²) < 4.78 is 37.3. The van der Waals surface area contributed by atoms with E-state index in [9.17, 15) is 19.8 Å². The van der Waals surface area contributed by atoms with E-state index in [4.69, 9.17) is 28.4 Å². The lowest BCUT2D eigenvalue weighted by molar-refractivity contribution is 0.0214. The average Bonchev–Trinajstić information content (AvgIpc) is 3.69. The van der Waals surface area contributed by atoms with Crippen LogP contribution in [0.25, 0.3) is 0 Å². The van der Waals surface area contributed by atoms with Gasteiger partial charge in [-0.05, 0) is 96.9 Å². The fourth-order valence-electron chi connectivity index (χ4n) is 8.44. The highest BCUT2D eigenvalue weighted by Crippen LogP contribution is 2.58. The van der Waals surface area contributed by atoms with Gasteiger partial charge in [-0.25, -0.2) is 9.59 Å². The Morgan fingerprint density at radius 1 is 0.525 bits per heavy atom. The van der Waals surface area contributed by atoms with Crippen LogP contribution in [0.5, 0.6) is 46.0 Å². The molecular formula is C49H32Br2O10. The van der Waals surface area contributed by atoms with Crippen LogP contribution in [0.15, 0.2) is 142 Å². The second kappa shape index (κ2) is 14.5. The van der Waals surface area contributed by atoms with Gasteiger partial charge in [0.05, 0.1) is 18.2 Å². The van der Waals surface area contributed by atoms with E-state index in [0.717, 1.165) is 42.5 Å². The number of methoxy groups -OCH3 is 1. The third-order valence-electron chi connectivity index (χ3n) is 11.2. The first-order chi connectivity index (χ1) is 29.5. The molecule has 4 aliphatic heterocycles. The lowest BCUT2D eigenvalue weighted by atomic mass is 9.77. The highest BCUT2D eigenvalue weighted by atomic mass is 79.9. The number of aryl methyl sites for hydroxylation is 1. The maximum absolute atomic E-state index is 13.0. The van der Waals surface area contributed by atoms with E-state index in [-0.39, 0.29) is 17.5 Å². The van der Waals surface area contributed by atoms with Crippen LogP contribution in [-0.2, 0) is 27.3 Å². The lowest BCUT2D eigenvalue weighted by Gasteiger charge is -2.36. The Kier molecular flexibility index (Phi) is 9.11. The Morgan fingerprint density at radius 2 is 0.967 bits per heavy atom. The van der Waals surface area contributed by atoms with E-state index < -0.39 is 17.2 Å². The third-order valence-corrected chi connectivity index (χ3v) is 12.2. The Morgan fingerprint density at radius 3 is 1.49 bits per heavy atom. The molecule has 0 saturated carbocycles. The molecule has 0 aromatic heterocycles. The topological polar surface area (TPSA) is 130 Å². The predicted octanol–water partition coefficient (Wildman–Crippen LogP) is 11.3. The van der Waals surface area contributed by atoms with Crippen LogP contribution in [0.1, 0.15) is 65.2 Å². The van der Waals surface area contributed by atoms with Crippen molar-refractivity contribution in [2.75, 3.05) is 7.11 Å². The maximum Gasteiger partial charge on any atom is 0.340 e. The molecule has 1 atom stereocenters. The molecule has 2 spiro atoms. The lowest BCUT2D eigenvalue weighted by Crippen LogP contribution is -2.33. The van der Waals surface area contributed by atoms with Crippen LogP contribution in [0, 0.1) is 6.92 Å². The van der Waals surface area contributed by atoms with Crippen molar-refractivity contribution in [3.8, 4) is 46.0 Å². The van der Waals surface area contributed by atoms with Gasteiger partial charge in [-0.15, -0.1) is 0 Å². The smallest absolute Gasteiger partial charge is 0.340 e. The highest BCUT2D eigenvalue weighted by molar-refractivity contribution is 9.10. The zero-order valence-electron chi connectivity index (χ0n) is 32.3. The van der Waals surface area contributed by atoms with E-state index in [0.29, 0.717) is 63.2 Å². The van der Waals surface area contributed by atoms with Crippen molar-refractivity contribution in [2.45, 2.75) is 24.7 Å². The molecule has 12 heteroatoms. The summed E-state index contributed by atoms with van der Waals surface area (Å²) in [6.45, 7) is 2.40. The van der Waals surface area contributed by atoms with Crippen molar-refractivity contribution in [3.05, 3.63) is 198 Å². The molecule has 2 N–H and O–H groups in total. The summed E-state index contributed by atoms with van der Waals surface area (Å²) in [5.41, 5.74) is 5.07. The Hall–Kier alpha value is -6.76. The fraction of sp³-hybridized carbons (Fsp3) is 0.102. The minimum atomic E-state index is -1.20. The molecule has 10 nitrogen and oxygen atoms in total. The monoisotopic (exact) mass is 938 g/mol. The van der Waals surface area contributed by atoms with E-state index in [1.54, 1.807) is 25.3 Å². The van der Waals surface area contributed by atoms with Crippen LogP contribution in [0.3, 0.4) is 0 Å². The van der Waals surface area contributed by atoms with Gasteiger partial charge < -0.3 is 38.6 Å². The van der Waals surface area contributed by atoms with Crippen LogP contribution in [0.4, 0.5) is 0 Å². The van der Waals surface area contributed by atoms with Gasteiger partial charge in [0.1, 0.15) is 52.6 Å². The number of fused-ring (bicyclic) bond motifs is 12. The number of phenolic OH excluding ortho intramolecular Hbond substituents is 2. The second-order valence-electron chi connectivity index (χ2n) is 14.9. The molecule has 1 unspecified atom stereocenters. The first kappa shape index (κ1) is 38.4. The number of hydrogen-bond acceptors (Lipinski definition) is 10. The molecule has 0 aliphatic carbocycles. The normalized spacial score (nSPS) is 16.5. The van der Waals surface area contributed by atoms with Crippen LogP contribution >= 0.6 is 31.9 Å². The van der Waals surface area contributed by atoms with Gasteiger partial charge >= 0.3 is 11.9 Å². The summed E-state index contributed by atoms with van der Waals surface area (Å²) in [5.74, 6) is 2.71. The van der Waals surface area contributed by atoms with Gasteiger partial charge in [-0.2, -0.15) is 0 Å². The fourth-order valence-corrected chi connectivity index (χ4v) is 9.17. The van der Waals surface area contributed by atoms with Gasteiger partial charge in [-0.1, -0.05) is 68.3 Å². The highest BCUT2D eigenvalue weighted by Gasteiger charge is 2.55. The molecule has 0 saturated heterocycles. The van der Waals surface area contributed by atoms with E-state index in [1.807, 2.05) is 97.9 Å². The molecule has 11 rings (SSSR count). The van der Waals surface area contributed by atoms with Gasteiger partial charge in [0.15, 0.2) is 11.2 Å². The number of benzene rings is 7. The molecule has 0 radical (unpaired) electrons. The van der Waals surface area contributed by atoms with Crippen molar-refractivity contribution in [2.24, 2.45) is 0 Å². The standard InChI is InChI=1S/C29H21BrO5.C20H11BrO5/c1-17-3-10-24-26(13-17)34-27-15-21(33-16-18-4-7-20(32-2)8-5-18)9-12-25(27)29(24)23-11-6-19(30)14-22(23)28(31)35-29;21-10-1-4-14-13(7-10)19(24)26-20(14)15-5-2-11(22)8-17(15)25-18-9-12(23)3-6-16(18)20/h3-15H,16H2,1-2H3;1-9,22-23H. The Balaban J connectivity index is 0.000000152. The van der Waals surface area contributed by atoms with E-state index in [2.05, 4.69) is 31.9 Å². The van der Waals surface area contributed by atoms with Gasteiger partial charge in [0.2, 0.25) is 0 Å². The number of aromatic hydroxyl groups is 2. The van der Waals surface area contributed by atoms with Gasteiger partial charge in [0, 0.05) is 60.5 Å². The zero-order chi connectivity index (χ0) is 42.2. The average molecular weight is 941 g/mol. The summed E-state index contributed by atoms with van der Waals surface area (Å²) in [6, 6.07) is 39.8. The summed E-state index contributed by atoms with van der Waals surface area (Å²) in [6.07, 6.45) is 0. The van der Waals surface area contributed by atoms with Crippen LogP contribution in [0.2, 0.25) is 0 Å².